The third kappa shape index (κ3) is 3.82. The van der Waals surface area contributed by atoms with Gasteiger partial charge in [-0.3, -0.25) is 4.90 Å². The summed E-state index contributed by atoms with van der Waals surface area (Å²) < 4.78 is 0. The number of benzene rings is 1. The summed E-state index contributed by atoms with van der Waals surface area (Å²) >= 11 is 0. The van der Waals surface area contributed by atoms with E-state index in [2.05, 4.69) is 42.2 Å². The van der Waals surface area contributed by atoms with Crippen LogP contribution >= 0.6 is 0 Å². The maximum absolute atomic E-state index is 6.31. The molecule has 1 saturated carbocycles. The highest BCUT2D eigenvalue weighted by molar-refractivity contribution is 5.15. The summed E-state index contributed by atoms with van der Waals surface area (Å²) in [6.07, 6.45) is 6.52. The van der Waals surface area contributed by atoms with Crippen LogP contribution in [0.15, 0.2) is 30.3 Å². The Morgan fingerprint density at radius 1 is 1.22 bits per heavy atom. The van der Waals surface area contributed by atoms with Crippen molar-refractivity contribution in [1.29, 1.82) is 0 Å². The second-order valence-corrected chi connectivity index (χ2v) is 5.48. The highest BCUT2D eigenvalue weighted by Crippen LogP contribution is 2.23. The van der Waals surface area contributed by atoms with E-state index in [1.54, 1.807) is 0 Å². The fourth-order valence-corrected chi connectivity index (χ4v) is 3.09. The van der Waals surface area contributed by atoms with Gasteiger partial charge in [0.15, 0.2) is 0 Å². The lowest BCUT2D eigenvalue weighted by molar-refractivity contribution is 0.196. The average Bonchev–Trinajstić information content (AvgIpc) is 2.91. The Kier molecular flexibility index (Phi) is 5.21. The number of hydrogen-bond donors (Lipinski definition) is 1. The van der Waals surface area contributed by atoms with Crippen LogP contribution in [-0.2, 0) is 6.42 Å². The van der Waals surface area contributed by atoms with Crippen molar-refractivity contribution in [2.24, 2.45) is 5.73 Å². The molecule has 1 fully saturated rings. The smallest absolute Gasteiger partial charge is 0.0208 e. The van der Waals surface area contributed by atoms with Crippen LogP contribution in [0.1, 0.15) is 38.2 Å². The molecule has 1 aliphatic carbocycles. The Balaban J connectivity index is 1.83. The van der Waals surface area contributed by atoms with Gasteiger partial charge in [0.2, 0.25) is 0 Å². The van der Waals surface area contributed by atoms with Crippen molar-refractivity contribution in [1.82, 2.24) is 4.90 Å². The van der Waals surface area contributed by atoms with Crippen LogP contribution in [0.5, 0.6) is 0 Å². The van der Waals surface area contributed by atoms with E-state index in [0.717, 1.165) is 25.6 Å². The average molecular weight is 246 g/mol. The van der Waals surface area contributed by atoms with Crippen LogP contribution in [0.4, 0.5) is 0 Å². The zero-order chi connectivity index (χ0) is 12.8. The van der Waals surface area contributed by atoms with E-state index in [1.165, 1.54) is 31.2 Å². The molecule has 2 N–H and O–H groups in total. The van der Waals surface area contributed by atoms with Gasteiger partial charge in [-0.25, -0.2) is 0 Å². The fourth-order valence-electron chi connectivity index (χ4n) is 3.09. The molecular formula is C16H26N2. The Bertz CT molecular complexity index is 330. The van der Waals surface area contributed by atoms with Crippen LogP contribution in [0.2, 0.25) is 0 Å². The molecular weight excluding hydrogens is 220 g/mol. The highest BCUT2D eigenvalue weighted by atomic mass is 15.2. The summed E-state index contributed by atoms with van der Waals surface area (Å²) in [5.41, 5.74) is 7.66. The van der Waals surface area contributed by atoms with Gasteiger partial charge in [0, 0.05) is 18.6 Å². The second kappa shape index (κ2) is 6.91. The Labute approximate surface area is 111 Å². The van der Waals surface area contributed by atoms with Crippen molar-refractivity contribution in [2.75, 3.05) is 13.1 Å². The predicted octanol–water partition coefficient (Wildman–Crippen LogP) is 2.82. The van der Waals surface area contributed by atoms with Crippen LogP contribution in [0.25, 0.3) is 0 Å². The van der Waals surface area contributed by atoms with Gasteiger partial charge in [-0.15, -0.1) is 0 Å². The standard InChI is InChI=1S/C16H26N2/c1-2-18(16-10-6-7-11-16)13-15(17)12-14-8-4-3-5-9-14/h3-5,8-9,15-16H,2,6-7,10-13,17H2,1H3. The van der Waals surface area contributed by atoms with Gasteiger partial charge in [-0.05, 0) is 31.4 Å². The van der Waals surface area contributed by atoms with Crippen molar-refractivity contribution >= 4 is 0 Å². The first-order valence-electron chi connectivity index (χ1n) is 7.33. The number of nitrogens with zero attached hydrogens (tertiary/aromatic N) is 1. The zero-order valence-electron chi connectivity index (χ0n) is 11.5. The van der Waals surface area contributed by atoms with Gasteiger partial charge in [-0.2, -0.15) is 0 Å². The normalized spacial score (nSPS) is 18.4. The first kappa shape index (κ1) is 13.6. The molecule has 0 aliphatic heterocycles. The molecule has 1 aromatic rings. The second-order valence-electron chi connectivity index (χ2n) is 5.48. The molecule has 2 heteroatoms. The van der Waals surface area contributed by atoms with Gasteiger partial charge in [0.05, 0.1) is 0 Å². The number of hydrogen-bond acceptors (Lipinski definition) is 2. The SMILES string of the molecule is CCN(CC(N)Cc1ccccc1)C1CCCC1. The quantitative estimate of drug-likeness (QED) is 0.836. The Morgan fingerprint density at radius 3 is 2.50 bits per heavy atom. The number of nitrogens with two attached hydrogens (primary N) is 1. The highest BCUT2D eigenvalue weighted by Gasteiger charge is 2.22. The molecule has 2 nitrogen and oxygen atoms in total. The lowest BCUT2D eigenvalue weighted by Gasteiger charge is -2.30. The maximum Gasteiger partial charge on any atom is 0.0208 e. The van der Waals surface area contributed by atoms with E-state index in [1.807, 2.05) is 0 Å². The molecule has 1 atom stereocenters. The summed E-state index contributed by atoms with van der Waals surface area (Å²) in [6, 6.07) is 11.6. The molecule has 2 rings (SSSR count). The third-order valence-corrected chi connectivity index (χ3v) is 4.06. The van der Waals surface area contributed by atoms with Crippen molar-refractivity contribution in [3.05, 3.63) is 35.9 Å². The third-order valence-electron chi connectivity index (χ3n) is 4.06. The van der Waals surface area contributed by atoms with E-state index in [-0.39, 0.29) is 6.04 Å². The molecule has 100 valence electrons. The molecule has 0 saturated heterocycles. The number of rotatable bonds is 6. The largest absolute Gasteiger partial charge is 0.326 e. The van der Waals surface area contributed by atoms with Gasteiger partial charge in [-0.1, -0.05) is 50.1 Å². The van der Waals surface area contributed by atoms with E-state index in [0.29, 0.717) is 0 Å². The first-order chi connectivity index (χ1) is 8.79. The summed E-state index contributed by atoms with van der Waals surface area (Å²) in [4.78, 5) is 2.58. The Morgan fingerprint density at radius 2 is 1.89 bits per heavy atom. The van der Waals surface area contributed by atoms with E-state index in [9.17, 15) is 0 Å². The van der Waals surface area contributed by atoms with Crippen LogP contribution in [0, 0.1) is 0 Å². The van der Waals surface area contributed by atoms with E-state index >= 15 is 0 Å². The maximum atomic E-state index is 6.31. The van der Waals surface area contributed by atoms with Crippen molar-refractivity contribution in [3.8, 4) is 0 Å². The molecule has 18 heavy (non-hydrogen) atoms. The Hall–Kier alpha value is -0.860. The predicted molar refractivity (Wildman–Crippen MR) is 77.6 cm³/mol. The molecule has 0 amide bonds. The summed E-state index contributed by atoms with van der Waals surface area (Å²) in [6.45, 7) is 4.43. The summed E-state index contributed by atoms with van der Waals surface area (Å²) in [7, 11) is 0. The van der Waals surface area contributed by atoms with Gasteiger partial charge >= 0.3 is 0 Å². The van der Waals surface area contributed by atoms with Crippen LogP contribution in [0.3, 0.4) is 0 Å². The van der Waals surface area contributed by atoms with Gasteiger partial charge in [0.1, 0.15) is 0 Å². The molecule has 0 bridgehead atoms. The van der Waals surface area contributed by atoms with Gasteiger partial charge < -0.3 is 5.73 Å². The topological polar surface area (TPSA) is 29.3 Å². The minimum absolute atomic E-state index is 0.257. The van der Waals surface area contributed by atoms with E-state index in [4.69, 9.17) is 5.73 Å². The molecule has 1 aromatic carbocycles. The van der Waals surface area contributed by atoms with Crippen LogP contribution in [-0.4, -0.2) is 30.1 Å². The molecule has 1 aliphatic rings. The lowest BCUT2D eigenvalue weighted by atomic mass is 10.1. The summed E-state index contributed by atoms with van der Waals surface area (Å²) in [5.74, 6) is 0. The summed E-state index contributed by atoms with van der Waals surface area (Å²) in [5, 5.41) is 0. The molecule has 0 spiro atoms. The monoisotopic (exact) mass is 246 g/mol. The molecule has 1 unspecified atom stereocenters. The minimum atomic E-state index is 0.257. The fraction of sp³-hybridized carbons (Fsp3) is 0.625. The minimum Gasteiger partial charge on any atom is -0.326 e. The zero-order valence-corrected chi connectivity index (χ0v) is 11.5. The molecule has 0 heterocycles. The van der Waals surface area contributed by atoms with Crippen molar-refractivity contribution in [2.45, 2.75) is 51.1 Å². The van der Waals surface area contributed by atoms with Crippen molar-refractivity contribution < 1.29 is 0 Å². The molecule has 0 aromatic heterocycles. The first-order valence-corrected chi connectivity index (χ1v) is 7.33. The number of likely N-dealkylation sites (N-methyl/N-ethyl adjacent to an activating group) is 1. The van der Waals surface area contributed by atoms with E-state index < -0.39 is 0 Å². The van der Waals surface area contributed by atoms with Crippen LogP contribution < -0.4 is 5.73 Å². The lowest BCUT2D eigenvalue weighted by Crippen LogP contribution is -2.43. The van der Waals surface area contributed by atoms with Crippen molar-refractivity contribution in [3.63, 3.8) is 0 Å². The molecule has 0 radical (unpaired) electrons. The van der Waals surface area contributed by atoms with Gasteiger partial charge in [0.25, 0.3) is 0 Å².